The zero-order chi connectivity index (χ0) is 12.0. The maximum absolute atomic E-state index is 5.75. The number of nitrogens with two attached hydrogens (primary N) is 2. The van der Waals surface area contributed by atoms with Crippen LogP contribution in [-0.4, -0.2) is 11.8 Å². The monoisotopic (exact) mass is 238 g/mol. The number of aliphatic imine (C=N–C) groups is 2. The molecule has 4 nitrogen and oxygen atoms in total. The number of guanidine groups is 1. The summed E-state index contributed by atoms with van der Waals surface area (Å²) in [6.45, 7) is 2.02. The van der Waals surface area contributed by atoms with Crippen molar-refractivity contribution in [2.75, 3.05) is 0 Å². The van der Waals surface area contributed by atoms with E-state index in [2.05, 4.69) is 9.98 Å². The Kier molecular flexibility index (Phi) is 4.79. The van der Waals surface area contributed by atoms with E-state index >= 15 is 0 Å². The zero-order valence-corrected chi connectivity index (χ0v) is 9.91. The van der Waals surface area contributed by atoms with Crippen LogP contribution in [-0.2, 0) is 0 Å². The van der Waals surface area contributed by atoms with E-state index in [9.17, 15) is 0 Å². The fourth-order valence-corrected chi connectivity index (χ4v) is 1.26. The molecule has 1 aromatic carbocycles. The van der Waals surface area contributed by atoms with Crippen LogP contribution >= 0.6 is 11.6 Å². The van der Waals surface area contributed by atoms with Gasteiger partial charge in [0.05, 0.1) is 5.69 Å². The van der Waals surface area contributed by atoms with Crippen LogP contribution in [0.25, 0.3) is 0 Å². The van der Waals surface area contributed by atoms with Gasteiger partial charge >= 0.3 is 0 Å². The van der Waals surface area contributed by atoms with Gasteiger partial charge in [-0.3, -0.25) is 0 Å². The molecule has 0 aromatic heterocycles. The Morgan fingerprint density at radius 3 is 2.44 bits per heavy atom. The molecule has 1 rings (SSSR count). The number of benzene rings is 1. The zero-order valence-electron chi connectivity index (χ0n) is 9.15. The summed E-state index contributed by atoms with van der Waals surface area (Å²) in [5.74, 6) is 0.658. The molecule has 0 unspecified atom stereocenters. The van der Waals surface area contributed by atoms with Crippen LogP contribution in [0.1, 0.15) is 19.8 Å². The van der Waals surface area contributed by atoms with Crippen LogP contribution in [0.3, 0.4) is 0 Å². The lowest BCUT2D eigenvalue weighted by molar-refractivity contribution is 0.984. The van der Waals surface area contributed by atoms with Crippen molar-refractivity contribution in [3.8, 4) is 0 Å². The molecule has 0 aliphatic heterocycles. The summed E-state index contributed by atoms with van der Waals surface area (Å²) in [4.78, 5) is 8.06. The highest BCUT2D eigenvalue weighted by Gasteiger charge is 1.94. The van der Waals surface area contributed by atoms with Crippen LogP contribution in [0.4, 0.5) is 5.69 Å². The van der Waals surface area contributed by atoms with E-state index in [4.69, 9.17) is 23.1 Å². The van der Waals surface area contributed by atoms with Crippen LogP contribution in [0.15, 0.2) is 34.3 Å². The topological polar surface area (TPSA) is 76.8 Å². The third kappa shape index (κ3) is 4.31. The Morgan fingerprint density at radius 2 is 1.88 bits per heavy atom. The van der Waals surface area contributed by atoms with E-state index < -0.39 is 0 Å². The summed E-state index contributed by atoms with van der Waals surface area (Å²) in [5, 5.41) is 0.659. The summed E-state index contributed by atoms with van der Waals surface area (Å²) in [5.41, 5.74) is 12.0. The van der Waals surface area contributed by atoms with Crippen LogP contribution < -0.4 is 11.5 Å². The van der Waals surface area contributed by atoms with Crippen molar-refractivity contribution in [2.24, 2.45) is 21.5 Å². The van der Waals surface area contributed by atoms with Gasteiger partial charge in [-0.15, -0.1) is 0 Å². The number of halogens is 1. The highest BCUT2D eigenvalue weighted by Crippen LogP contribution is 2.15. The quantitative estimate of drug-likeness (QED) is 0.627. The van der Waals surface area contributed by atoms with Gasteiger partial charge in [-0.25, -0.2) is 9.98 Å². The van der Waals surface area contributed by atoms with Gasteiger partial charge in [-0.1, -0.05) is 18.5 Å². The van der Waals surface area contributed by atoms with Gasteiger partial charge in [0, 0.05) is 11.4 Å². The van der Waals surface area contributed by atoms with E-state index in [1.807, 2.05) is 6.92 Å². The van der Waals surface area contributed by atoms with Gasteiger partial charge in [0.15, 0.2) is 0 Å². The van der Waals surface area contributed by atoms with Gasteiger partial charge in [0.1, 0.15) is 5.84 Å². The van der Waals surface area contributed by atoms with E-state index in [0.717, 1.165) is 12.8 Å². The molecular formula is C11H15ClN4. The fraction of sp³-hybridized carbons (Fsp3) is 0.273. The lowest BCUT2D eigenvalue weighted by Crippen LogP contribution is -2.18. The lowest BCUT2D eigenvalue weighted by atomic mass is 10.3. The molecule has 0 saturated carbocycles. The average molecular weight is 239 g/mol. The molecule has 0 saturated heterocycles. The Morgan fingerprint density at radius 1 is 1.25 bits per heavy atom. The second kappa shape index (κ2) is 6.12. The molecule has 0 spiro atoms. The minimum atomic E-state index is 0.160. The fourth-order valence-electron chi connectivity index (χ4n) is 1.13. The van der Waals surface area contributed by atoms with Crippen molar-refractivity contribution < 1.29 is 0 Å². The molecule has 4 N–H and O–H groups in total. The van der Waals surface area contributed by atoms with Gasteiger partial charge in [0.2, 0.25) is 5.96 Å². The van der Waals surface area contributed by atoms with Crippen molar-refractivity contribution in [2.45, 2.75) is 19.8 Å². The molecule has 0 atom stereocenters. The standard InChI is InChI=1S/C11H15ClN4/c1-2-3-10(13)16-11(14)15-9-6-4-8(12)5-7-9/h4-7H,2-3H2,1H3,(H4,13,14,15,16). The number of rotatable bonds is 3. The van der Waals surface area contributed by atoms with Crippen LogP contribution in [0.2, 0.25) is 5.02 Å². The Hall–Kier alpha value is -1.55. The Balaban J connectivity index is 2.76. The normalized spacial score (nSPS) is 12.9. The van der Waals surface area contributed by atoms with E-state index in [1.54, 1.807) is 24.3 Å². The van der Waals surface area contributed by atoms with Crippen molar-refractivity contribution in [3.05, 3.63) is 29.3 Å². The average Bonchev–Trinajstić information content (AvgIpc) is 2.21. The van der Waals surface area contributed by atoms with E-state index in [1.165, 1.54) is 0 Å². The molecular weight excluding hydrogens is 224 g/mol. The van der Waals surface area contributed by atoms with Crippen molar-refractivity contribution in [3.63, 3.8) is 0 Å². The molecule has 5 heteroatoms. The highest BCUT2D eigenvalue weighted by molar-refractivity contribution is 6.30. The minimum Gasteiger partial charge on any atom is -0.387 e. The molecule has 0 aliphatic rings. The summed E-state index contributed by atoms with van der Waals surface area (Å²) < 4.78 is 0. The van der Waals surface area contributed by atoms with Gasteiger partial charge in [-0.2, -0.15) is 0 Å². The van der Waals surface area contributed by atoms with Crippen molar-refractivity contribution in [1.82, 2.24) is 0 Å². The first-order valence-corrected chi connectivity index (χ1v) is 5.42. The predicted molar refractivity (Wildman–Crippen MR) is 69.3 cm³/mol. The van der Waals surface area contributed by atoms with Crippen molar-refractivity contribution >= 4 is 29.1 Å². The summed E-state index contributed by atoms with van der Waals surface area (Å²) in [6.07, 6.45) is 1.65. The Bertz CT molecular complexity index is 395. The molecule has 1 aromatic rings. The molecule has 0 heterocycles. The lowest BCUT2D eigenvalue weighted by Gasteiger charge is -1.98. The van der Waals surface area contributed by atoms with E-state index in [-0.39, 0.29) is 5.96 Å². The Labute approximate surface area is 100 Å². The van der Waals surface area contributed by atoms with Gasteiger partial charge in [-0.05, 0) is 30.7 Å². The smallest absolute Gasteiger partial charge is 0.222 e. The number of hydrogen-bond donors (Lipinski definition) is 2. The molecule has 0 amide bonds. The van der Waals surface area contributed by atoms with Crippen molar-refractivity contribution in [1.29, 1.82) is 0 Å². The maximum Gasteiger partial charge on any atom is 0.222 e. The predicted octanol–water partition coefficient (Wildman–Crippen LogP) is 2.44. The second-order valence-corrected chi connectivity index (χ2v) is 3.74. The van der Waals surface area contributed by atoms with Crippen LogP contribution in [0.5, 0.6) is 0 Å². The molecule has 86 valence electrons. The highest BCUT2D eigenvalue weighted by atomic mass is 35.5. The molecule has 0 bridgehead atoms. The number of amidine groups is 1. The number of nitrogens with zero attached hydrogens (tertiary/aromatic N) is 2. The largest absolute Gasteiger partial charge is 0.387 e. The van der Waals surface area contributed by atoms with Gasteiger partial charge in [0.25, 0.3) is 0 Å². The summed E-state index contributed by atoms with van der Waals surface area (Å²) in [7, 11) is 0. The molecule has 0 fully saturated rings. The summed E-state index contributed by atoms with van der Waals surface area (Å²) >= 11 is 5.75. The molecule has 0 aliphatic carbocycles. The van der Waals surface area contributed by atoms with Crippen LogP contribution in [0, 0.1) is 0 Å². The first-order valence-electron chi connectivity index (χ1n) is 5.04. The second-order valence-electron chi connectivity index (χ2n) is 3.30. The summed E-state index contributed by atoms with van der Waals surface area (Å²) in [6, 6.07) is 7.01. The molecule has 0 radical (unpaired) electrons. The first kappa shape index (κ1) is 12.5. The number of hydrogen-bond acceptors (Lipinski definition) is 1. The first-order chi connectivity index (χ1) is 7.61. The minimum absolute atomic E-state index is 0.160. The van der Waals surface area contributed by atoms with Gasteiger partial charge < -0.3 is 11.5 Å². The third-order valence-corrected chi connectivity index (χ3v) is 2.09. The third-order valence-electron chi connectivity index (χ3n) is 1.83. The maximum atomic E-state index is 5.75. The molecule has 16 heavy (non-hydrogen) atoms. The van der Waals surface area contributed by atoms with E-state index in [0.29, 0.717) is 16.5 Å². The SMILES string of the molecule is CCC/C(N)=N\C(N)=Nc1ccc(Cl)cc1.